The van der Waals surface area contributed by atoms with E-state index in [9.17, 15) is 30.4 Å². The highest BCUT2D eigenvalue weighted by Crippen LogP contribution is 2.30. The van der Waals surface area contributed by atoms with Gasteiger partial charge >= 0.3 is 11.4 Å². The van der Waals surface area contributed by atoms with E-state index in [1.165, 1.54) is 36.4 Å². The number of phenols is 4. The third-order valence-corrected chi connectivity index (χ3v) is 5.16. The highest BCUT2D eigenvalue weighted by molar-refractivity contribution is 5.51. The zero-order valence-electron chi connectivity index (χ0n) is 18.8. The van der Waals surface area contributed by atoms with Crippen LogP contribution in [0.15, 0.2) is 84.9 Å². The molecule has 4 aromatic rings. The Labute approximate surface area is 205 Å². The van der Waals surface area contributed by atoms with E-state index in [-0.39, 0.29) is 17.9 Å². The number of hydrogen-bond donors (Lipinski definition) is 4. The van der Waals surface area contributed by atoms with E-state index < -0.39 is 32.7 Å². The lowest BCUT2D eigenvalue weighted by Gasteiger charge is -2.04. The Morgan fingerprint density at radius 1 is 0.500 bits per heavy atom. The van der Waals surface area contributed by atoms with Crippen LogP contribution < -0.4 is 0 Å². The molecule has 4 rings (SSSR count). The second kappa shape index (κ2) is 11.3. The van der Waals surface area contributed by atoms with Crippen LogP contribution in [0.3, 0.4) is 0 Å². The molecule has 4 aromatic carbocycles. The summed E-state index contributed by atoms with van der Waals surface area (Å²) in [6.45, 7) is 0. The summed E-state index contributed by atoms with van der Waals surface area (Å²) in [6.07, 6.45) is 1.00. The third kappa shape index (κ3) is 6.94. The van der Waals surface area contributed by atoms with E-state index in [0.29, 0.717) is 11.1 Å². The fourth-order valence-corrected chi connectivity index (χ4v) is 3.35. The Bertz CT molecular complexity index is 1270. The molecule has 0 aliphatic heterocycles. The Morgan fingerprint density at radius 3 is 1.14 bits per heavy atom. The summed E-state index contributed by atoms with van der Waals surface area (Å²) in [5.41, 5.74) is 2.44. The van der Waals surface area contributed by atoms with E-state index in [1.807, 2.05) is 24.3 Å². The lowest BCUT2D eigenvalue weighted by Crippen LogP contribution is -1.95. The van der Waals surface area contributed by atoms with Crippen molar-refractivity contribution in [3.05, 3.63) is 127 Å². The highest BCUT2D eigenvalue weighted by atomic mass is 16.6. The highest BCUT2D eigenvalue weighted by Gasteiger charge is 2.16. The van der Waals surface area contributed by atoms with Crippen LogP contribution in [0.1, 0.15) is 22.3 Å². The van der Waals surface area contributed by atoms with Gasteiger partial charge in [-0.25, -0.2) is 0 Å². The van der Waals surface area contributed by atoms with Crippen molar-refractivity contribution in [3.8, 4) is 23.0 Å². The molecule has 0 saturated carbocycles. The topological polar surface area (TPSA) is 167 Å². The summed E-state index contributed by atoms with van der Waals surface area (Å²) < 4.78 is 0. The van der Waals surface area contributed by atoms with Crippen LogP contribution in [0, 0.1) is 20.2 Å². The molecule has 0 bridgehead atoms. The predicted octanol–water partition coefficient (Wildman–Crippen LogP) is 5.19. The number of aromatic hydroxyl groups is 4. The summed E-state index contributed by atoms with van der Waals surface area (Å²) >= 11 is 0. The number of hydrogen-bond acceptors (Lipinski definition) is 8. The quantitative estimate of drug-likeness (QED) is 0.211. The number of phenolic OH excluding ortho intramolecular Hbond substituents is 4. The SMILES string of the molecule is O=[N+]([O-])c1cc(Cc2ccc(O)c([N+](=O)[O-])c2)ccc1O.Oc1ccc(Cc2ccc(O)cc2)cc1. The maximum atomic E-state index is 10.7. The fourth-order valence-electron chi connectivity index (χ4n) is 3.35. The molecule has 184 valence electrons. The van der Waals surface area contributed by atoms with Crippen molar-refractivity contribution >= 4 is 11.4 Å². The fraction of sp³-hybridized carbons (Fsp3) is 0.0769. The van der Waals surface area contributed by atoms with Crippen molar-refractivity contribution in [2.45, 2.75) is 12.8 Å². The van der Waals surface area contributed by atoms with Gasteiger partial charge in [-0.05, 0) is 71.5 Å². The third-order valence-electron chi connectivity index (χ3n) is 5.16. The molecule has 0 aromatic heterocycles. The van der Waals surface area contributed by atoms with Crippen molar-refractivity contribution in [1.29, 1.82) is 0 Å². The first-order valence-electron chi connectivity index (χ1n) is 10.6. The summed E-state index contributed by atoms with van der Waals surface area (Å²) in [7, 11) is 0. The molecule has 0 spiro atoms. The second-order valence-electron chi connectivity index (χ2n) is 7.85. The molecule has 0 unspecified atom stereocenters. The second-order valence-corrected chi connectivity index (χ2v) is 7.85. The van der Waals surface area contributed by atoms with Gasteiger partial charge < -0.3 is 20.4 Å². The van der Waals surface area contributed by atoms with E-state index >= 15 is 0 Å². The zero-order chi connectivity index (χ0) is 26.2. The van der Waals surface area contributed by atoms with Gasteiger partial charge in [-0.3, -0.25) is 20.2 Å². The first kappa shape index (κ1) is 25.5. The van der Waals surface area contributed by atoms with Gasteiger partial charge in [0, 0.05) is 12.1 Å². The monoisotopic (exact) mass is 490 g/mol. The van der Waals surface area contributed by atoms with E-state index in [2.05, 4.69) is 0 Å². The van der Waals surface area contributed by atoms with Crippen LogP contribution >= 0.6 is 0 Å². The van der Waals surface area contributed by atoms with Crippen LogP contribution in [0.4, 0.5) is 11.4 Å². The maximum Gasteiger partial charge on any atom is 0.310 e. The molecule has 0 heterocycles. The minimum absolute atomic E-state index is 0.197. The Balaban J connectivity index is 0.000000212. The largest absolute Gasteiger partial charge is 0.508 e. The van der Waals surface area contributed by atoms with E-state index in [0.717, 1.165) is 17.5 Å². The number of nitro groups is 2. The lowest BCUT2D eigenvalue weighted by atomic mass is 10.0. The molecule has 0 saturated heterocycles. The van der Waals surface area contributed by atoms with Crippen molar-refractivity contribution in [3.63, 3.8) is 0 Å². The normalized spacial score (nSPS) is 10.2. The first-order valence-corrected chi connectivity index (χ1v) is 10.6. The number of nitrogens with zero attached hydrogens (tertiary/aromatic N) is 2. The minimum Gasteiger partial charge on any atom is -0.508 e. The lowest BCUT2D eigenvalue weighted by molar-refractivity contribution is -0.386. The van der Waals surface area contributed by atoms with E-state index in [1.54, 1.807) is 24.3 Å². The van der Waals surface area contributed by atoms with Gasteiger partial charge in [0.25, 0.3) is 0 Å². The molecule has 0 fully saturated rings. The summed E-state index contributed by atoms with van der Waals surface area (Å²) in [4.78, 5) is 20.1. The van der Waals surface area contributed by atoms with Gasteiger partial charge in [-0.2, -0.15) is 0 Å². The summed E-state index contributed by atoms with van der Waals surface area (Å²) in [5.74, 6) is -0.324. The average Bonchev–Trinajstić information content (AvgIpc) is 2.84. The molecule has 4 N–H and O–H groups in total. The number of benzene rings is 4. The van der Waals surface area contributed by atoms with Gasteiger partial charge in [0.2, 0.25) is 0 Å². The van der Waals surface area contributed by atoms with Crippen LogP contribution in [0.2, 0.25) is 0 Å². The molecular formula is C26H22N2O8. The maximum absolute atomic E-state index is 10.7. The molecule has 0 aliphatic carbocycles. The first-order chi connectivity index (χ1) is 17.1. The minimum atomic E-state index is -0.710. The van der Waals surface area contributed by atoms with Gasteiger partial charge in [-0.1, -0.05) is 36.4 Å². The molecule has 0 aliphatic rings. The summed E-state index contributed by atoms with van der Waals surface area (Å²) in [6, 6.07) is 22.0. The van der Waals surface area contributed by atoms with Crippen LogP contribution in [0.5, 0.6) is 23.0 Å². The van der Waals surface area contributed by atoms with Crippen molar-refractivity contribution in [1.82, 2.24) is 0 Å². The molecule has 0 amide bonds. The number of nitro benzene ring substituents is 2. The number of rotatable bonds is 6. The van der Waals surface area contributed by atoms with E-state index in [4.69, 9.17) is 10.2 Å². The van der Waals surface area contributed by atoms with Gasteiger partial charge in [0.1, 0.15) is 11.5 Å². The predicted molar refractivity (Wildman–Crippen MR) is 131 cm³/mol. The molecule has 0 radical (unpaired) electrons. The van der Waals surface area contributed by atoms with Gasteiger partial charge in [0.05, 0.1) is 9.85 Å². The summed E-state index contributed by atoms with van der Waals surface area (Å²) in [5, 5.41) is 58.4. The molecule has 36 heavy (non-hydrogen) atoms. The van der Waals surface area contributed by atoms with Crippen LogP contribution in [0.25, 0.3) is 0 Å². The Kier molecular flexibility index (Phi) is 8.03. The van der Waals surface area contributed by atoms with Crippen molar-refractivity contribution in [2.24, 2.45) is 0 Å². The van der Waals surface area contributed by atoms with Crippen LogP contribution in [-0.2, 0) is 12.8 Å². The molecule has 0 atom stereocenters. The van der Waals surface area contributed by atoms with Crippen LogP contribution in [-0.4, -0.2) is 30.3 Å². The van der Waals surface area contributed by atoms with Crippen molar-refractivity contribution < 1.29 is 30.3 Å². The zero-order valence-corrected chi connectivity index (χ0v) is 18.8. The Hall–Kier alpha value is -5.12. The van der Waals surface area contributed by atoms with Crippen molar-refractivity contribution in [2.75, 3.05) is 0 Å². The molecular weight excluding hydrogens is 468 g/mol. The standard InChI is InChI=1S/C13H10N2O6.C13H12O2/c16-12-3-1-8(6-10(12)14(18)19)5-9-2-4-13(17)11(7-9)15(20)21;14-12-5-1-10(2-6-12)9-11-3-7-13(15)8-4-11/h1-4,6-7,16-17H,5H2;1-8,14-15H,9H2. The molecule has 10 heteroatoms. The smallest absolute Gasteiger partial charge is 0.310 e. The Morgan fingerprint density at radius 2 is 0.806 bits per heavy atom. The van der Waals surface area contributed by atoms with Gasteiger partial charge in [0.15, 0.2) is 11.5 Å². The molecule has 10 nitrogen and oxygen atoms in total. The van der Waals surface area contributed by atoms with Gasteiger partial charge in [-0.15, -0.1) is 0 Å². The average molecular weight is 490 g/mol.